The molecular weight excluding hydrogens is 422 g/mol. The van der Waals surface area contributed by atoms with Gasteiger partial charge in [0.25, 0.3) is 5.91 Å². The first-order chi connectivity index (χ1) is 13.6. The van der Waals surface area contributed by atoms with Crippen LogP contribution < -0.4 is 15.4 Å². The van der Waals surface area contributed by atoms with Crippen molar-refractivity contribution in [2.24, 2.45) is 0 Å². The van der Waals surface area contributed by atoms with E-state index in [9.17, 15) is 4.79 Å². The maximum Gasteiger partial charge on any atom is 0.255 e. The van der Waals surface area contributed by atoms with Gasteiger partial charge >= 0.3 is 0 Å². The van der Waals surface area contributed by atoms with Gasteiger partial charge in [-0.2, -0.15) is 10.1 Å². The van der Waals surface area contributed by atoms with Gasteiger partial charge in [0, 0.05) is 10.2 Å². The van der Waals surface area contributed by atoms with Crippen molar-refractivity contribution in [2.45, 2.75) is 13.0 Å². The lowest BCUT2D eigenvalue weighted by atomic mass is 9.95. The van der Waals surface area contributed by atoms with Crippen molar-refractivity contribution >= 4 is 33.5 Å². The standard InChI is InChI=1S/C20H18BrN5O2/c1-12-17(19(27)25-15-5-3-4-6-16(15)28-2)18(13-7-9-14(21)10-8-13)26-20(24-12)22-11-23-26/h3-11,18H,1-2H3,(H,25,27)(H,22,23,24)/t18-/m1/s1. The number of carbonyl (C=O) groups excluding carboxylic acids is 1. The number of aromatic nitrogens is 3. The predicted octanol–water partition coefficient (Wildman–Crippen LogP) is 3.98. The molecule has 0 aliphatic carbocycles. The molecule has 0 saturated carbocycles. The molecule has 1 aromatic heterocycles. The van der Waals surface area contributed by atoms with Crippen molar-refractivity contribution in [1.29, 1.82) is 0 Å². The molecule has 0 bridgehead atoms. The molecule has 142 valence electrons. The summed E-state index contributed by atoms with van der Waals surface area (Å²) >= 11 is 3.46. The van der Waals surface area contributed by atoms with Crippen LogP contribution in [0.4, 0.5) is 11.6 Å². The molecule has 2 heterocycles. The summed E-state index contributed by atoms with van der Waals surface area (Å²) in [4.78, 5) is 17.5. The van der Waals surface area contributed by atoms with Crippen molar-refractivity contribution in [3.8, 4) is 5.75 Å². The van der Waals surface area contributed by atoms with Gasteiger partial charge in [-0.15, -0.1) is 0 Å². The molecule has 1 amide bonds. The third kappa shape index (κ3) is 3.27. The van der Waals surface area contributed by atoms with Gasteiger partial charge in [0.05, 0.1) is 18.4 Å². The van der Waals surface area contributed by atoms with E-state index in [-0.39, 0.29) is 5.91 Å². The number of methoxy groups -OCH3 is 1. The monoisotopic (exact) mass is 439 g/mol. The highest BCUT2D eigenvalue weighted by Gasteiger charge is 2.33. The fourth-order valence-corrected chi connectivity index (χ4v) is 3.54. The minimum absolute atomic E-state index is 0.233. The Bertz CT molecular complexity index is 1060. The van der Waals surface area contributed by atoms with Gasteiger partial charge in [-0.3, -0.25) is 4.79 Å². The Morgan fingerprint density at radius 2 is 1.96 bits per heavy atom. The summed E-state index contributed by atoms with van der Waals surface area (Å²) in [7, 11) is 1.57. The number of anilines is 2. The molecule has 1 atom stereocenters. The topological polar surface area (TPSA) is 81.1 Å². The van der Waals surface area contributed by atoms with Crippen LogP contribution in [-0.4, -0.2) is 27.8 Å². The number of ether oxygens (including phenoxy) is 1. The number of benzene rings is 2. The van der Waals surface area contributed by atoms with E-state index in [0.29, 0.717) is 23.0 Å². The third-order valence-electron chi connectivity index (χ3n) is 4.58. The average molecular weight is 440 g/mol. The van der Waals surface area contributed by atoms with E-state index in [0.717, 1.165) is 15.7 Å². The van der Waals surface area contributed by atoms with E-state index in [1.807, 2.05) is 43.3 Å². The number of hydrogen-bond donors (Lipinski definition) is 2. The third-order valence-corrected chi connectivity index (χ3v) is 5.11. The molecular formula is C20H18BrN5O2. The molecule has 2 aromatic carbocycles. The number of fused-ring (bicyclic) bond motifs is 1. The lowest BCUT2D eigenvalue weighted by Crippen LogP contribution is -2.31. The molecule has 3 aromatic rings. The van der Waals surface area contributed by atoms with E-state index in [4.69, 9.17) is 4.74 Å². The SMILES string of the molecule is COc1ccccc1NC(=O)C1=C(C)Nc2ncnn2[C@@H]1c1ccc(Br)cc1. The minimum atomic E-state index is -0.401. The molecule has 8 heteroatoms. The van der Waals surface area contributed by atoms with E-state index in [2.05, 4.69) is 36.6 Å². The highest BCUT2D eigenvalue weighted by atomic mass is 79.9. The Hall–Kier alpha value is -3.13. The summed E-state index contributed by atoms with van der Waals surface area (Å²) in [5.74, 6) is 0.960. The fraction of sp³-hybridized carbons (Fsp3) is 0.150. The lowest BCUT2D eigenvalue weighted by Gasteiger charge is -2.29. The van der Waals surface area contributed by atoms with Gasteiger partial charge in [0.1, 0.15) is 18.1 Å². The highest BCUT2D eigenvalue weighted by Crippen LogP contribution is 2.36. The largest absolute Gasteiger partial charge is 0.495 e. The normalized spacial score (nSPS) is 15.6. The summed E-state index contributed by atoms with van der Waals surface area (Å²) in [5, 5.41) is 10.5. The van der Waals surface area contributed by atoms with Crippen LogP contribution in [0.2, 0.25) is 0 Å². The number of carbonyl (C=O) groups is 1. The number of allylic oxidation sites excluding steroid dienone is 1. The summed E-state index contributed by atoms with van der Waals surface area (Å²) in [6, 6.07) is 14.7. The Morgan fingerprint density at radius 1 is 1.21 bits per heavy atom. The smallest absolute Gasteiger partial charge is 0.255 e. The molecule has 4 rings (SSSR count). The molecule has 28 heavy (non-hydrogen) atoms. The van der Waals surface area contributed by atoms with Crippen LogP contribution in [0.3, 0.4) is 0 Å². The number of rotatable bonds is 4. The van der Waals surface area contributed by atoms with Gasteiger partial charge in [-0.25, -0.2) is 4.68 Å². The van der Waals surface area contributed by atoms with Crippen LogP contribution in [0.25, 0.3) is 0 Å². The maximum absolute atomic E-state index is 13.3. The Morgan fingerprint density at radius 3 is 2.71 bits per heavy atom. The van der Waals surface area contributed by atoms with Crippen LogP contribution in [0.5, 0.6) is 5.75 Å². The van der Waals surface area contributed by atoms with Gasteiger partial charge in [0.2, 0.25) is 5.95 Å². The van der Waals surface area contributed by atoms with Gasteiger partial charge in [0.15, 0.2) is 0 Å². The molecule has 1 aliphatic heterocycles. The maximum atomic E-state index is 13.3. The molecule has 7 nitrogen and oxygen atoms in total. The zero-order valence-corrected chi connectivity index (χ0v) is 16.9. The Kier molecular flexibility index (Phi) is 4.87. The van der Waals surface area contributed by atoms with Crippen molar-refractivity contribution in [2.75, 3.05) is 17.7 Å². The van der Waals surface area contributed by atoms with Crippen LogP contribution in [-0.2, 0) is 4.79 Å². The van der Waals surface area contributed by atoms with E-state index >= 15 is 0 Å². The van der Waals surface area contributed by atoms with Crippen LogP contribution in [0.15, 0.2) is 70.6 Å². The average Bonchev–Trinajstić information content (AvgIpc) is 3.16. The molecule has 0 spiro atoms. The quantitative estimate of drug-likeness (QED) is 0.642. The second-order valence-corrected chi connectivity index (χ2v) is 7.22. The highest BCUT2D eigenvalue weighted by molar-refractivity contribution is 9.10. The van der Waals surface area contributed by atoms with E-state index in [1.165, 1.54) is 6.33 Å². The van der Waals surface area contributed by atoms with Gasteiger partial charge in [-0.05, 0) is 36.8 Å². The minimum Gasteiger partial charge on any atom is -0.495 e. The zero-order chi connectivity index (χ0) is 19.7. The van der Waals surface area contributed by atoms with Gasteiger partial charge in [-0.1, -0.05) is 40.2 Å². The number of nitrogens with zero attached hydrogens (tertiary/aromatic N) is 3. The number of amides is 1. The summed E-state index contributed by atoms with van der Waals surface area (Å²) < 4.78 is 8.03. The number of nitrogens with one attached hydrogen (secondary N) is 2. The van der Waals surface area contributed by atoms with Crippen LogP contribution >= 0.6 is 15.9 Å². The van der Waals surface area contributed by atoms with E-state index in [1.54, 1.807) is 23.9 Å². The second-order valence-electron chi connectivity index (χ2n) is 6.30. The second kappa shape index (κ2) is 7.47. The molecule has 0 unspecified atom stereocenters. The molecule has 2 N–H and O–H groups in total. The summed E-state index contributed by atoms with van der Waals surface area (Å²) in [6.07, 6.45) is 1.47. The zero-order valence-electron chi connectivity index (χ0n) is 15.3. The first kappa shape index (κ1) is 18.2. The first-order valence-electron chi connectivity index (χ1n) is 8.65. The lowest BCUT2D eigenvalue weighted by molar-refractivity contribution is -0.113. The molecule has 0 saturated heterocycles. The van der Waals surface area contributed by atoms with Crippen molar-refractivity contribution in [3.05, 3.63) is 76.2 Å². The number of halogens is 1. The van der Waals surface area contributed by atoms with Crippen LogP contribution in [0, 0.1) is 0 Å². The van der Waals surface area contributed by atoms with E-state index < -0.39 is 6.04 Å². The van der Waals surface area contributed by atoms with Gasteiger partial charge < -0.3 is 15.4 Å². The Balaban J connectivity index is 1.76. The summed E-state index contributed by atoms with van der Waals surface area (Å²) in [6.45, 7) is 1.86. The van der Waals surface area contributed by atoms with Crippen molar-refractivity contribution in [1.82, 2.24) is 14.8 Å². The van der Waals surface area contributed by atoms with Crippen molar-refractivity contribution < 1.29 is 9.53 Å². The molecule has 0 radical (unpaired) electrons. The molecule has 1 aliphatic rings. The first-order valence-corrected chi connectivity index (χ1v) is 9.45. The predicted molar refractivity (Wildman–Crippen MR) is 110 cm³/mol. The van der Waals surface area contributed by atoms with Crippen molar-refractivity contribution in [3.63, 3.8) is 0 Å². The fourth-order valence-electron chi connectivity index (χ4n) is 3.28. The number of hydrogen-bond acceptors (Lipinski definition) is 5. The molecule has 0 fully saturated rings. The van der Waals surface area contributed by atoms with Crippen LogP contribution in [0.1, 0.15) is 18.5 Å². The summed E-state index contributed by atoms with van der Waals surface area (Å²) in [5.41, 5.74) is 2.82. The number of para-hydroxylation sites is 2. The Labute approximate surface area is 170 Å².